The molecule has 3 nitrogen and oxygen atoms in total. The predicted octanol–water partition coefficient (Wildman–Crippen LogP) is 3.41. The lowest BCUT2D eigenvalue weighted by atomic mass is 10.1. The minimum absolute atomic E-state index is 0.0310. The van der Waals surface area contributed by atoms with Crippen molar-refractivity contribution in [3.05, 3.63) is 30.3 Å². The molecule has 0 aromatic heterocycles. The van der Waals surface area contributed by atoms with E-state index in [1.54, 1.807) is 7.05 Å². The summed E-state index contributed by atoms with van der Waals surface area (Å²) in [6.45, 7) is 4.27. The monoisotopic (exact) mass is 234 g/mol. The van der Waals surface area contributed by atoms with Crippen molar-refractivity contribution in [3.8, 4) is 0 Å². The maximum atomic E-state index is 12.0. The molecular weight excluding hydrogens is 212 g/mol. The van der Waals surface area contributed by atoms with E-state index in [0.717, 1.165) is 24.9 Å². The molecule has 1 rings (SSSR count). The Bertz CT molecular complexity index is 337. The highest BCUT2D eigenvalue weighted by molar-refractivity contribution is 5.92. The van der Waals surface area contributed by atoms with Crippen molar-refractivity contribution in [1.29, 1.82) is 0 Å². The number of para-hydroxylation sites is 1. The number of anilines is 1. The molecule has 1 aromatic rings. The maximum Gasteiger partial charge on any atom is 0.321 e. The molecule has 0 spiro atoms. The molecule has 1 unspecified atom stereocenters. The van der Waals surface area contributed by atoms with E-state index in [0.29, 0.717) is 0 Å². The third-order valence-electron chi connectivity index (χ3n) is 2.93. The smallest absolute Gasteiger partial charge is 0.321 e. The Morgan fingerprint density at radius 1 is 1.29 bits per heavy atom. The topological polar surface area (TPSA) is 32.3 Å². The Kier molecular flexibility index (Phi) is 5.53. The van der Waals surface area contributed by atoms with Gasteiger partial charge in [-0.3, -0.25) is 4.90 Å². The lowest BCUT2D eigenvalue weighted by Crippen LogP contribution is -2.45. The number of hydrogen-bond donors (Lipinski definition) is 1. The molecule has 0 saturated heterocycles. The predicted molar refractivity (Wildman–Crippen MR) is 72.4 cm³/mol. The van der Waals surface area contributed by atoms with Crippen LogP contribution < -0.4 is 10.2 Å². The van der Waals surface area contributed by atoms with Crippen LogP contribution in [0.15, 0.2) is 30.3 Å². The van der Waals surface area contributed by atoms with Gasteiger partial charge in [-0.15, -0.1) is 0 Å². The SMILES string of the molecule is CCCC(CC)N(C(=O)NC)c1ccccc1. The summed E-state index contributed by atoms with van der Waals surface area (Å²) in [7, 11) is 1.68. The Morgan fingerprint density at radius 2 is 1.94 bits per heavy atom. The van der Waals surface area contributed by atoms with Gasteiger partial charge in [0.1, 0.15) is 0 Å². The molecule has 1 atom stereocenters. The summed E-state index contributed by atoms with van der Waals surface area (Å²) < 4.78 is 0. The first-order valence-electron chi connectivity index (χ1n) is 6.30. The van der Waals surface area contributed by atoms with Crippen LogP contribution in [0.5, 0.6) is 0 Å². The molecule has 0 aliphatic heterocycles. The van der Waals surface area contributed by atoms with Gasteiger partial charge < -0.3 is 5.32 Å². The van der Waals surface area contributed by atoms with Crippen molar-refractivity contribution in [2.24, 2.45) is 0 Å². The zero-order valence-corrected chi connectivity index (χ0v) is 10.9. The lowest BCUT2D eigenvalue weighted by molar-refractivity contribution is 0.245. The third kappa shape index (κ3) is 3.48. The number of carbonyl (C=O) groups is 1. The highest BCUT2D eigenvalue weighted by Crippen LogP contribution is 2.21. The van der Waals surface area contributed by atoms with Crippen molar-refractivity contribution >= 4 is 11.7 Å². The van der Waals surface area contributed by atoms with E-state index >= 15 is 0 Å². The van der Waals surface area contributed by atoms with Gasteiger partial charge in [-0.25, -0.2) is 4.79 Å². The van der Waals surface area contributed by atoms with Crippen LogP contribution in [-0.2, 0) is 0 Å². The van der Waals surface area contributed by atoms with Crippen LogP contribution >= 0.6 is 0 Å². The number of carbonyl (C=O) groups excluding carboxylic acids is 1. The van der Waals surface area contributed by atoms with Crippen molar-refractivity contribution < 1.29 is 4.79 Å². The number of amides is 2. The summed E-state index contributed by atoms with van der Waals surface area (Å²) in [4.78, 5) is 13.9. The van der Waals surface area contributed by atoms with Crippen LogP contribution in [0.1, 0.15) is 33.1 Å². The molecule has 94 valence electrons. The van der Waals surface area contributed by atoms with Crippen molar-refractivity contribution in [2.45, 2.75) is 39.2 Å². The fraction of sp³-hybridized carbons (Fsp3) is 0.500. The second kappa shape index (κ2) is 6.94. The maximum absolute atomic E-state index is 12.0. The zero-order valence-electron chi connectivity index (χ0n) is 10.9. The fourth-order valence-corrected chi connectivity index (χ4v) is 2.05. The van der Waals surface area contributed by atoms with E-state index in [1.807, 2.05) is 35.2 Å². The highest BCUT2D eigenvalue weighted by Gasteiger charge is 2.22. The van der Waals surface area contributed by atoms with Gasteiger partial charge in [-0.2, -0.15) is 0 Å². The third-order valence-corrected chi connectivity index (χ3v) is 2.93. The second-order valence-electron chi connectivity index (χ2n) is 4.11. The first-order valence-corrected chi connectivity index (χ1v) is 6.30. The van der Waals surface area contributed by atoms with Crippen LogP contribution in [0.4, 0.5) is 10.5 Å². The summed E-state index contributed by atoms with van der Waals surface area (Å²) in [6, 6.07) is 10.1. The van der Waals surface area contributed by atoms with Crippen LogP contribution in [0, 0.1) is 0 Å². The van der Waals surface area contributed by atoms with Crippen LogP contribution in [0.2, 0.25) is 0 Å². The molecule has 0 bridgehead atoms. The van der Waals surface area contributed by atoms with Gasteiger partial charge >= 0.3 is 6.03 Å². The number of hydrogen-bond acceptors (Lipinski definition) is 1. The van der Waals surface area contributed by atoms with Gasteiger partial charge in [-0.1, -0.05) is 38.5 Å². The first kappa shape index (κ1) is 13.6. The number of nitrogens with one attached hydrogen (secondary N) is 1. The second-order valence-corrected chi connectivity index (χ2v) is 4.11. The summed E-state index contributed by atoms with van der Waals surface area (Å²) in [6.07, 6.45) is 3.08. The molecular formula is C14H22N2O. The fourth-order valence-electron chi connectivity index (χ4n) is 2.05. The molecule has 0 fully saturated rings. The Labute approximate surface area is 104 Å². The molecule has 2 amide bonds. The van der Waals surface area contributed by atoms with Gasteiger partial charge in [0.25, 0.3) is 0 Å². The average Bonchev–Trinajstić information content (AvgIpc) is 2.39. The van der Waals surface area contributed by atoms with Crippen molar-refractivity contribution in [2.75, 3.05) is 11.9 Å². The number of nitrogens with zero attached hydrogens (tertiary/aromatic N) is 1. The van der Waals surface area contributed by atoms with Gasteiger partial charge in [0.2, 0.25) is 0 Å². The Hall–Kier alpha value is -1.51. The lowest BCUT2D eigenvalue weighted by Gasteiger charge is -2.30. The van der Waals surface area contributed by atoms with Gasteiger partial charge in [0, 0.05) is 18.8 Å². The zero-order chi connectivity index (χ0) is 12.7. The molecule has 17 heavy (non-hydrogen) atoms. The molecule has 3 heteroatoms. The van der Waals surface area contributed by atoms with Crippen LogP contribution in [0.25, 0.3) is 0 Å². The number of urea groups is 1. The van der Waals surface area contributed by atoms with Gasteiger partial charge in [-0.05, 0) is 25.0 Å². The molecule has 0 aliphatic rings. The Balaban J connectivity index is 2.98. The van der Waals surface area contributed by atoms with E-state index < -0.39 is 0 Å². The highest BCUT2D eigenvalue weighted by atomic mass is 16.2. The molecule has 0 saturated carbocycles. The minimum atomic E-state index is -0.0310. The molecule has 1 N–H and O–H groups in total. The van der Waals surface area contributed by atoms with E-state index in [1.165, 1.54) is 0 Å². The minimum Gasteiger partial charge on any atom is -0.341 e. The number of rotatable bonds is 5. The van der Waals surface area contributed by atoms with Crippen molar-refractivity contribution in [1.82, 2.24) is 5.32 Å². The van der Waals surface area contributed by atoms with E-state index in [-0.39, 0.29) is 12.1 Å². The first-order chi connectivity index (χ1) is 8.24. The van der Waals surface area contributed by atoms with Crippen LogP contribution in [0.3, 0.4) is 0 Å². The summed E-state index contributed by atoms with van der Waals surface area (Å²) in [5.74, 6) is 0. The van der Waals surface area contributed by atoms with E-state index in [4.69, 9.17) is 0 Å². The summed E-state index contributed by atoms with van der Waals surface area (Å²) >= 11 is 0. The average molecular weight is 234 g/mol. The van der Waals surface area contributed by atoms with Gasteiger partial charge in [0.05, 0.1) is 0 Å². The molecule has 0 radical (unpaired) electrons. The largest absolute Gasteiger partial charge is 0.341 e. The van der Waals surface area contributed by atoms with Crippen LogP contribution in [-0.4, -0.2) is 19.1 Å². The van der Waals surface area contributed by atoms with Gasteiger partial charge in [0.15, 0.2) is 0 Å². The van der Waals surface area contributed by atoms with E-state index in [2.05, 4.69) is 19.2 Å². The standard InChI is InChI=1S/C14H22N2O/c1-4-9-12(5-2)16(14(17)15-3)13-10-7-6-8-11-13/h6-8,10-12H,4-5,9H2,1-3H3,(H,15,17). The quantitative estimate of drug-likeness (QED) is 0.832. The Morgan fingerprint density at radius 3 is 2.41 bits per heavy atom. The molecule has 1 aromatic carbocycles. The summed E-state index contributed by atoms with van der Waals surface area (Å²) in [5, 5.41) is 2.72. The molecule has 0 heterocycles. The normalized spacial score (nSPS) is 11.9. The van der Waals surface area contributed by atoms with Crippen molar-refractivity contribution in [3.63, 3.8) is 0 Å². The van der Waals surface area contributed by atoms with E-state index in [9.17, 15) is 4.79 Å². The summed E-state index contributed by atoms with van der Waals surface area (Å²) in [5.41, 5.74) is 0.965. The molecule has 0 aliphatic carbocycles. The number of benzene rings is 1.